The van der Waals surface area contributed by atoms with Gasteiger partial charge in [-0.1, -0.05) is 0 Å². The first-order chi connectivity index (χ1) is 7.82. The number of hydrogen-bond donors (Lipinski definition) is 1. The smallest absolute Gasteiger partial charge is 0.186 e. The highest BCUT2D eigenvalue weighted by atomic mass is 32.2. The molecule has 0 saturated carbocycles. The molecule has 0 bridgehead atoms. The molecule has 0 heterocycles. The van der Waals surface area contributed by atoms with Crippen LogP contribution in [0.5, 0.6) is 5.75 Å². The Labute approximate surface area is 98.3 Å². The number of rotatable bonds is 4. The molecule has 0 amide bonds. The molecule has 96 valence electrons. The van der Waals surface area contributed by atoms with Gasteiger partial charge in [-0.05, 0) is 19.0 Å². The fourth-order valence-electron chi connectivity index (χ4n) is 1.53. The van der Waals surface area contributed by atoms with Crippen LogP contribution in [0, 0.1) is 11.6 Å². The number of halogens is 2. The summed E-state index contributed by atoms with van der Waals surface area (Å²) in [5.74, 6) is -2.62. The maximum atomic E-state index is 13.8. The average molecular weight is 265 g/mol. The van der Waals surface area contributed by atoms with Crippen LogP contribution in [-0.4, -0.2) is 28.3 Å². The zero-order valence-corrected chi connectivity index (χ0v) is 10.3. The molecule has 4 nitrogen and oxygen atoms in total. The highest BCUT2D eigenvalue weighted by Gasteiger charge is 2.25. The van der Waals surface area contributed by atoms with Crippen molar-refractivity contribution >= 4 is 9.84 Å². The Kier molecular flexibility index (Phi) is 4.05. The van der Waals surface area contributed by atoms with Gasteiger partial charge in [-0.25, -0.2) is 17.2 Å². The lowest BCUT2D eigenvalue weighted by Crippen LogP contribution is -2.11. The zero-order chi connectivity index (χ0) is 13.2. The molecule has 0 saturated heterocycles. The molecule has 0 aliphatic rings. The van der Waals surface area contributed by atoms with Gasteiger partial charge in [0.15, 0.2) is 21.4 Å². The van der Waals surface area contributed by atoms with Crippen molar-refractivity contribution in [2.45, 2.75) is 11.3 Å². The Hall–Kier alpha value is -1.21. The zero-order valence-electron chi connectivity index (χ0n) is 9.46. The second kappa shape index (κ2) is 4.97. The van der Waals surface area contributed by atoms with E-state index < -0.39 is 26.4 Å². The van der Waals surface area contributed by atoms with Crippen molar-refractivity contribution in [2.24, 2.45) is 5.73 Å². The van der Waals surface area contributed by atoms with Crippen LogP contribution in [0.2, 0.25) is 0 Å². The SMILES string of the molecule is COc1c(CCN)cc(F)c(S(C)(=O)=O)c1F. The molecule has 0 aromatic heterocycles. The summed E-state index contributed by atoms with van der Waals surface area (Å²) in [6.07, 6.45) is 0.928. The number of sulfone groups is 1. The third-order valence-electron chi connectivity index (χ3n) is 2.20. The predicted octanol–water partition coefficient (Wildman–Crippen LogP) is 0.878. The minimum absolute atomic E-state index is 0.174. The van der Waals surface area contributed by atoms with Gasteiger partial charge in [-0.2, -0.15) is 0 Å². The fourth-order valence-corrected chi connectivity index (χ4v) is 2.37. The molecule has 1 rings (SSSR count). The lowest BCUT2D eigenvalue weighted by molar-refractivity contribution is 0.369. The van der Waals surface area contributed by atoms with Crippen molar-refractivity contribution in [1.82, 2.24) is 0 Å². The van der Waals surface area contributed by atoms with Crippen LogP contribution < -0.4 is 10.5 Å². The topological polar surface area (TPSA) is 69.4 Å². The first kappa shape index (κ1) is 13.9. The molecule has 1 aromatic rings. The van der Waals surface area contributed by atoms with Crippen molar-refractivity contribution in [3.63, 3.8) is 0 Å². The van der Waals surface area contributed by atoms with Crippen LogP contribution in [0.1, 0.15) is 5.56 Å². The Balaban J connectivity index is 3.58. The second-order valence-electron chi connectivity index (χ2n) is 3.50. The number of ether oxygens (including phenoxy) is 1. The maximum absolute atomic E-state index is 13.8. The average Bonchev–Trinajstić information content (AvgIpc) is 2.15. The molecule has 0 aliphatic carbocycles. The summed E-state index contributed by atoms with van der Waals surface area (Å²) in [5, 5.41) is 0. The van der Waals surface area contributed by atoms with Crippen molar-refractivity contribution in [2.75, 3.05) is 19.9 Å². The van der Waals surface area contributed by atoms with Gasteiger partial charge < -0.3 is 10.5 Å². The van der Waals surface area contributed by atoms with Gasteiger partial charge in [0.05, 0.1) is 7.11 Å². The lowest BCUT2D eigenvalue weighted by Gasteiger charge is -2.12. The summed E-state index contributed by atoms with van der Waals surface area (Å²) >= 11 is 0. The fraction of sp³-hybridized carbons (Fsp3) is 0.400. The summed E-state index contributed by atoms with van der Waals surface area (Å²) in [6, 6.07) is 0.936. The van der Waals surface area contributed by atoms with E-state index in [9.17, 15) is 17.2 Å². The molecule has 0 spiro atoms. The number of benzene rings is 1. The maximum Gasteiger partial charge on any atom is 0.186 e. The second-order valence-corrected chi connectivity index (χ2v) is 5.46. The van der Waals surface area contributed by atoms with E-state index in [1.54, 1.807) is 0 Å². The van der Waals surface area contributed by atoms with E-state index >= 15 is 0 Å². The minimum atomic E-state index is -3.99. The summed E-state index contributed by atoms with van der Waals surface area (Å²) in [7, 11) is -2.81. The highest BCUT2D eigenvalue weighted by molar-refractivity contribution is 7.90. The van der Waals surface area contributed by atoms with Gasteiger partial charge >= 0.3 is 0 Å². The lowest BCUT2D eigenvalue weighted by atomic mass is 10.1. The van der Waals surface area contributed by atoms with Crippen molar-refractivity contribution < 1.29 is 21.9 Å². The Morgan fingerprint density at radius 2 is 2.00 bits per heavy atom. The first-order valence-electron chi connectivity index (χ1n) is 4.78. The van der Waals surface area contributed by atoms with E-state index in [-0.39, 0.29) is 24.3 Å². The molecule has 0 aliphatic heterocycles. The van der Waals surface area contributed by atoms with Crippen molar-refractivity contribution in [1.29, 1.82) is 0 Å². The predicted molar refractivity (Wildman–Crippen MR) is 58.8 cm³/mol. The van der Waals surface area contributed by atoms with Crippen LogP contribution in [0.15, 0.2) is 11.0 Å². The van der Waals surface area contributed by atoms with Crippen LogP contribution >= 0.6 is 0 Å². The first-order valence-corrected chi connectivity index (χ1v) is 6.67. The Morgan fingerprint density at radius 1 is 1.41 bits per heavy atom. The largest absolute Gasteiger partial charge is 0.493 e. The van der Waals surface area contributed by atoms with Crippen LogP contribution in [-0.2, 0) is 16.3 Å². The van der Waals surface area contributed by atoms with E-state index in [1.165, 1.54) is 7.11 Å². The number of nitrogens with two attached hydrogens (primary N) is 1. The molecule has 0 fully saturated rings. The standard InChI is InChI=1S/C10H13F2NO3S/c1-16-9-6(3-4-13)5-7(11)10(8(9)12)17(2,14)15/h5H,3-4,13H2,1-2H3. The van der Waals surface area contributed by atoms with E-state index in [0.29, 0.717) is 0 Å². The molecule has 0 atom stereocenters. The van der Waals surface area contributed by atoms with Crippen LogP contribution in [0.25, 0.3) is 0 Å². The molecular formula is C10H13F2NO3S. The van der Waals surface area contributed by atoms with Crippen LogP contribution in [0.3, 0.4) is 0 Å². The van der Waals surface area contributed by atoms with Gasteiger partial charge in [-0.3, -0.25) is 0 Å². The summed E-state index contributed by atoms with van der Waals surface area (Å²) in [4.78, 5) is -0.977. The van der Waals surface area contributed by atoms with E-state index in [1.807, 2.05) is 0 Å². The van der Waals surface area contributed by atoms with Gasteiger partial charge in [0.2, 0.25) is 0 Å². The van der Waals surface area contributed by atoms with Gasteiger partial charge in [0.25, 0.3) is 0 Å². The third kappa shape index (κ3) is 2.73. The van der Waals surface area contributed by atoms with E-state index in [2.05, 4.69) is 0 Å². The Bertz CT molecular complexity index is 529. The molecule has 1 aromatic carbocycles. The normalized spacial score (nSPS) is 11.6. The number of hydrogen-bond acceptors (Lipinski definition) is 4. The molecule has 0 unspecified atom stereocenters. The van der Waals surface area contributed by atoms with Gasteiger partial charge in [-0.15, -0.1) is 0 Å². The molecule has 2 N–H and O–H groups in total. The third-order valence-corrected chi connectivity index (χ3v) is 3.31. The van der Waals surface area contributed by atoms with Gasteiger partial charge in [0.1, 0.15) is 10.7 Å². The molecule has 17 heavy (non-hydrogen) atoms. The highest BCUT2D eigenvalue weighted by Crippen LogP contribution is 2.31. The molecule has 0 radical (unpaired) electrons. The number of methoxy groups -OCH3 is 1. The van der Waals surface area contributed by atoms with Crippen molar-refractivity contribution in [3.05, 3.63) is 23.3 Å². The molecular weight excluding hydrogens is 252 g/mol. The quantitative estimate of drug-likeness (QED) is 0.877. The summed E-state index contributed by atoms with van der Waals surface area (Å²) < 4.78 is 54.6. The van der Waals surface area contributed by atoms with Gasteiger partial charge in [0, 0.05) is 11.8 Å². The van der Waals surface area contributed by atoms with E-state index in [4.69, 9.17) is 10.5 Å². The molecule has 7 heteroatoms. The van der Waals surface area contributed by atoms with E-state index in [0.717, 1.165) is 12.3 Å². The summed E-state index contributed by atoms with van der Waals surface area (Å²) in [5.41, 5.74) is 5.50. The van der Waals surface area contributed by atoms with Crippen LogP contribution in [0.4, 0.5) is 8.78 Å². The summed E-state index contributed by atoms with van der Waals surface area (Å²) in [6.45, 7) is 0.174. The minimum Gasteiger partial charge on any atom is -0.493 e. The Morgan fingerprint density at radius 3 is 2.41 bits per heavy atom. The monoisotopic (exact) mass is 265 g/mol. The van der Waals surface area contributed by atoms with Crippen molar-refractivity contribution in [3.8, 4) is 5.75 Å².